The molecule has 0 atom stereocenters. The number of rotatable bonds is 5. The Balaban J connectivity index is 1.93. The third-order valence-corrected chi connectivity index (χ3v) is 6.68. The fourth-order valence-corrected chi connectivity index (χ4v) is 4.78. The van der Waals surface area contributed by atoms with E-state index in [1.165, 1.54) is 12.1 Å². The van der Waals surface area contributed by atoms with Crippen molar-refractivity contribution in [1.82, 2.24) is 4.31 Å². The monoisotopic (exact) mass is 415 g/mol. The van der Waals surface area contributed by atoms with Crippen LogP contribution >= 0.6 is 0 Å². The molecule has 0 N–H and O–H groups in total. The van der Waals surface area contributed by atoms with E-state index < -0.39 is 15.9 Å². The minimum atomic E-state index is -3.96. The minimum Gasteiger partial charge on any atom is -0.466 e. The predicted molar refractivity (Wildman–Crippen MR) is 109 cm³/mol. The van der Waals surface area contributed by atoms with Crippen LogP contribution in [0, 0.1) is 6.92 Å². The van der Waals surface area contributed by atoms with E-state index in [2.05, 4.69) is 0 Å². The van der Waals surface area contributed by atoms with Crippen molar-refractivity contribution in [2.45, 2.75) is 44.4 Å². The highest BCUT2D eigenvalue weighted by molar-refractivity contribution is 7.89. The molecule has 1 aliphatic carbocycles. The second kappa shape index (κ2) is 8.78. The molecule has 1 aromatic rings. The Labute approximate surface area is 171 Å². The van der Waals surface area contributed by atoms with Gasteiger partial charge in [-0.1, -0.05) is 41.5 Å². The lowest BCUT2D eigenvalue weighted by Crippen LogP contribution is -2.33. The molecule has 1 amide bonds. The summed E-state index contributed by atoms with van der Waals surface area (Å²) in [6.07, 6.45) is 7.81. The molecule has 2 aliphatic rings. The van der Waals surface area contributed by atoms with Gasteiger partial charge in [-0.05, 0) is 50.8 Å². The van der Waals surface area contributed by atoms with Gasteiger partial charge in [0.15, 0.2) is 0 Å². The van der Waals surface area contributed by atoms with Crippen molar-refractivity contribution in [2.24, 2.45) is 0 Å². The van der Waals surface area contributed by atoms with Gasteiger partial charge in [-0.25, -0.2) is 12.7 Å². The Morgan fingerprint density at radius 2 is 1.93 bits per heavy atom. The summed E-state index contributed by atoms with van der Waals surface area (Å²) in [7, 11) is -3.96. The van der Waals surface area contributed by atoms with Gasteiger partial charge in [-0.15, -0.1) is 0 Å². The van der Waals surface area contributed by atoms with E-state index in [9.17, 15) is 18.0 Å². The molecular formula is C22H25NO5S. The summed E-state index contributed by atoms with van der Waals surface area (Å²) in [5, 5.41) is 0. The average Bonchev–Trinajstić information content (AvgIpc) is 3.02. The molecule has 1 aromatic carbocycles. The van der Waals surface area contributed by atoms with Crippen molar-refractivity contribution in [3.05, 3.63) is 64.8 Å². The molecule has 29 heavy (non-hydrogen) atoms. The molecule has 0 fully saturated rings. The maximum absolute atomic E-state index is 13.0. The predicted octanol–water partition coefficient (Wildman–Crippen LogP) is 3.44. The maximum atomic E-state index is 13.0. The molecule has 0 spiro atoms. The number of sulfonamides is 1. The van der Waals surface area contributed by atoms with Crippen molar-refractivity contribution in [2.75, 3.05) is 13.2 Å². The molecule has 1 aliphatic heterocycles. The number of carbonyl (C=O) groups excluding carboxylic acids is 2. The molecule has 6 nitrogen and oxygen atoms in total. The van der Waals surface area contributed by atoms with Crippen molar-refractivity contribution < 1.29 is 22.7 Å². The maximum Gasteiger partial charge on any atom is 0.309 e. The summed E-state index contributed by atoms with van der Waals surface area (Å²) in [4.78, 5) is 25.0. The summed E-state index contributed by atoms with van der Waals surface area (Å²) in [6.45, 7) is 3.89. The Morgan fingerprint density at radius 3 is 2.62 bits per heavy atom. The van der Waals surface area contributed by atoms with E-state index in [-0.39, 0.29) is 23.8 Å². The molecule has 0 unspecified atom stereocenters. The Bertz CT molecular complexity index is 1000. The summed E-state index contributed by atoms with van der Waals surface area (Å²) < 4.78 is 32.0. The Hall–Kier alpha value is -2.67. The molecule has 154 valence electrons. The van der Waals surface area contributed by atoms with Gasteiger partial charge in [0.1, 0.15) is 0 Å². The second-order valence-corrected chi connectivity index (χ2v) is 9.01. The van der Waals surface area contributed by atoms with Crippen molar-refractivity contribution in [1.29, 1.82) is 0 Å². The van der Waals surface area contributed by atoms with Crippen LogP contribution in [0.3, 0.4) is 0 Å². The van der Waals surface area contributed by atoms with Crippen LogP contribution in [0.15, 0.2) is 64.1 Å². The molecule has 0 saturated carbocycles. The number of ether oxygens (including phenoxy) is 1. The van der Waals surface area contributed by atoms with Gasteiger partial charge in [0, 0.05) is 5.57 Å². The first kappa shape index (κ1) is 21.0. The highest BCUT2D eigenvalue weighted by Crippen LogP contribution is 2.30. The fourth-order valence-electron chi connectivity index (χ4n) is 3.42. The van der Waals surface area contributed by atoms with Gasteiger partial charge in [-0.3, -0.25) is 9.59 Å². The van der Waals surface area contributed by atoms with Crippen LogP contribution in [0.5, 0.6) is 0 Å². The standard InChI is InChI=1S/C22H25NO5S/c1-3-28-21(24)14-17-7-5-4-6-8-20-18(13-17)15-23(22(20)25)29(26,27)19-11-9-16(2)10-12-19/h6,8-13H,3-5,7,14-15H2,1-2H3/b8-6-,17-13+. The lowest BCUT2D eigenvalue weighted by molar-refractivity contribution is -0.142. The largest absolute Gasteiger partial charge is 0.466 e. The fraction of sp³-hybridized carbons (Fsp3) is 0.364. The van der Waals surface area contributed by atoms with Gasteiger partial charge < -0.3 is 4.74 Å². The third-order valence-electron chi connectivity index (χ3n) is 4.93. The number of hydrogen-bond donors (Lipinski definition) is 0. The Kier molecular flexibility index (Phi) is 6.37. The summed E-state index contributed by atoms with van der Waals surface area (Å²) >= 11 is 0. The summed E-state index contributed by atoms with van der Waals surface area (Å²) in [6, 6.07) is 6.43. The van der Waals surface area contributed by atoms with E-state index in [1.807, 2.05) is 13.0 Å². The molecule has 7 heteroatoms. The van der Waals surface area contributed by atoms with Gasteiger partial charge in [0.2, 0.25) is 0 Å². The first-order valence-electron chi connectivity index (χ1n) is 9.71. The molecule has 1 heterocycles. The molecule has 0 aromatic heterocycles. The van der Waals surface area contributed by atoms with Crippen LogP contribution in [0.25, 0.3) is 0 Å². The highest BCUT2D eigenvalue weighted by atomic mass is 32.2. The zero-order valence-electron chi connectivity index (χ0n) is 16.7. The topological polar surface area (TPSA) is 80.8 Å². The molecule has 0 radical (unpaired) electrons. The number of aryl methyl sites for hydroxylation is 1. The normalized spacial score (nSPS) is 20.3. The lowest BCUT2D eigenvalue weighted by Gasteiger charge is -2.17. The zero-order valence-corrected chi connectivity index (χ0v) is 17.5. The van der Waals surface area contributed by atoms with Crippen LogP contribution in [0.4, 0.5) is 0 Å². The first-order valence-corrected chi connectivity index (χ1v) is 11.2. The highest BCUT2D eigenvalue weighted by Gasteiger charge is 2.37. The van der Waals surface area contributed by atoms with E-state index in [1.54, 1.807) is 31.2 Å². The number of carbonyl (C=O) groups is 2. The quantitative estimate of drug-likeness (QED) is 0.688. The Morgan fingerprint density at radius 1 is 1.21 bits per heavy atom. The van der Waals surface area contributed by atoms with Gasteiger partial charge >= 0.3 is 5.97 Å². The van der Waals surface area contributed by atoms with Crippen LogP contribution in [-0.4, -0.2) is 37.8 Å². The number of esters is 1. The first-order chi connectivity index (χ1) is 13.8. The molecule has 0 saturated heterocycles. The van der Waals surface area contributed by atoms with Crippen molar-refractivity contribution >= 4 is 21.9 Å². The molecular weight excluding hydrogens is 390 g/mol. The van der Waals surface area contributed by atoms with E-state index >= 15 is 0 Å². The molecule has 0 bridgehead atoms. The SMILES string of the molecule is CCOC(=O)C/C1=C/C2=C(/C=C\CCC1)C(=O)N(S(=O)(=O)c1ccc(C)cc1)C2. The smallest absolute Gasteiger partial charge is 0.309 e. The van der Waals surface area contributed by atoms with E-state index in [0.717, 1.165) is 28.3 Å². The van der Waals surface area contributed by atoms with Gasteiger partial charge in [0.25, 0.3) is 15.9 Å². The van der Waals surface area contributed by atoms with Gasteiger partial charge in [-0.2, -0.15) is 0 Å². The zero-order chi connectivity index (χ0) is 21.0. The van der Waals surface area contributed by atoms with Gasteiger partial charge in [0.05, 0.1) is 24.5 Å². The second-order valence-electron chi connectivity index (χ2n) is 7.15. The van der Waals surface area contributed by atoms with E-state index in [4.69, 9.17) is 4.74 Å². The summed E-state index contributed by atoms with van der Waals surface area (Å²) in [5.74, 6) is -0.855. The number of allylic oxidation sites excluding steroid dienone is 1. The van der Waals surface area contributed by atoms with Crippen LogP contribution < -0.4 is 0 Å². The number of benzene rings is 1. The minimum absolute atomic E-state index is 0.0406. The van der Waals surface area contributed by atoms with Crippen LogP contribution in [-0.2, 0) is 24.3 Å². The van der Waals surface area contributed by atoms with Crippen molar-refractivity contribution in [3.8, 4) is 0 Å². The number of hydrogen-bond acceptors (Lipinski definition) is 5. The third kappa shape index (κ3) is 4.67. The average molecular weight is 416 g/mol. The van der Waals surface area contributed by atoms with E-state index in [0.29, 0.717) is 24.2 Å². The van der Waals surface area contributed by atoms with Crippen LogP contribution in [0.2, 0.25) is 0 Å². The number of nitrogens with zero attached hydrogens (tertiary/aromatic N) is 1. The number of amides is 1. The van der Waals surface area contributed by atoms with Crippen molar-refractivity contribution in [3.63, 3.8) is 0 Å². The molecule has 3 rings (SSSR count). The van der Waals surface area contributed by atoms with Crippen LogP contribution in [0.1, 0.15) is 38.2 Å². The summed E-state index contributed by atoms with van der Waals surface area (Å²) in [5.41, 5.74) is 2.77. The lowest BCUT2D eigenvalue weighted by atomic mass is 10.0.